The van der Waals surface area contributed by atoms with E-state index in [0.29, 0.717) is 40.0 Å². The van der Waals surface area contributed by atoms with E-state index in [0.717, 1.165) is 16.5 Å². The van der Waals surface area contributed by atoms with Gasteiger partial charge in [0.15, 0.2) is 28.3 Å². The lowest BCUT2D eigenvalue weighted by Gasteiger charge is -1.99. The molecule has 8 heteroatoms. The van der Waals surface area contributed by atoms with Crippen LogP contribution in [0.2, 0.25) is 0 Å². The molecule has 3 heterocycles. The topological polar surface area (TPSA) is 83.0 Å². The summed E-state index contributed by atoms with van der Waals surface area (Å²) in [6.07, 6.45) is 2.62. The summed E-state index contributed by atoms with van der Waals surface area (Å²) in [6.45, 7) is 2.10. The minimum absolute atomic E-state index is 0.150. The highest BCUT2D eigenvalue weighted by atomic mass is 32.1. The number of aldehydes is 1. The molecule has 4 aromatic rings. The summed E-state index contributed by atoms with van der Waals surface area (Å²) in [5.74, 6) is 0.794. The zero-order chi connectivity index (χ0) is 19.0. The fraction of sp³-hybridized carbons (Fsp3) is 0.211. The number of benzene rings is 1. The first kappa shape index (κ1) is 17.3. The van der Waals surface area contributed by atoms with Crippen LogP contribution in [-0.4, -0.2) is 35.4 Å². The molecule has 4 rings (SSSR count). The van der Waals surface area contributed by atoms with Crippen LogP contribution in [-0.2, 0) is 16.0 Å². The summed E-state index contributed by atoms with van der Waals surface area (Å²) in [5, 5.41) is 0.862. The van der Waals surface area contributed by atoms with Crippen LogP contribution in [0, 0.1) is 0 Å². The van der Waals surface area contributed by atoms with E-state index in [1.165, 1.54) is 11.3 Å². The van der Waals surface area contributed by atoms with Crippen LogP contribution in [0.4, 0.5) is 0 Å². The van der Waals surface area contributed by atoms with E-state index in [-0.39, 0.29) is 12.4 Å². The van der Waals surface area contributed by atoms with Crippen molar-refractivity contribution in [3.63, 3.8) is 0 Å². The van der Waals surface area contributed by atoms with Crippen LogP contribution in [0.25, 0.3) is 27.4 Å². The van der Waals surface area contributed by atoms with Gasteiger partial charge in [-0.05, 0) is 19.1 Å². The highest BCUT2D eigenvalue weighted by Crippen LogP contribution is 2.35. The molecular formula is C19H16N2O5S. The van der Waals surface area contributed by atoms with Gasteiger partial charge in [0.2, 0.25) is 0 Å². The van der Waals surface area contributed by atoms with E-state index in [2.05, 4.69) is 4.98 Å². The number of rotatable bonds is 6. The number of hydrogen-bond donors (Lipinski definition) is 0. The second-order valence-corrected chi connectivity index (χ2v) is 6.88. The number of carbonyl (C=O) groups is 2. The van der Waals surface area contributed by atoms with Crippen molar-refractivity contribution >= 4 is 39.5 Å². The smallest absolute Gasteiger partial charge is 0.311 e. The first-order valence-corrected chi connectivity index (χ1v) is 9.14. The molecule has 0 amide bonds. The van der Waals surface area contributed by atoms with Crippen LogP contribution < -0.4 is 4.74 Å². The quantitative estimate of drug-likeness (QED) is 0.372. The summed E-state index contributed by atoms with van der Waals surface area (Å²) in [5.41, 5.74) is 1.43. The molecule has 0 radical (unpaired) electrons. The lowest BCUT2D eigenvalue weighted by atomic mass is 10.2. The zero-order valence-corrected chi connectivity index (χ0v) is 15.5. The van der Waals surface area contributed by atoms with E-state index in [9.17, 15) is 9.59 Å². The van der Waals surface area contributed by atoms with Gasteiger partial charge in [0, 0.05) is 16.5 Å². The highest BCUT2D eigenvalue weighted by molar-refractivity contribution is 7.17. The Balaban J connectivity index is 1.77. The number of fused-ring (bicyclic) bond motifs is 2. The summed E-state index contributed by atoms with van der Waals surface area (Å²) in [7, 11) is 1.57. The standard InChI is InChI=1S/C19H16N2O5S/c1-3-25-16(23)8-12-9-21-13(10-22)17(20-19(21)27-12)15-7-11-5-4-6-14(24-2)18(11)26-15/h4-7,9-10H,3,8H2,1-2H3. The minimum atomic E-state index is -0.306. The number of thiazole rings is 1. The number of ether oxygens (including phenoxy) is 2. The maximum atomic E-state index is 11.7. The number of imidazole rings is 1. The summed E-state index contributed by atoms with van der Waals surface area (Å²) in [6, 6.07) is 7.41. The molecule has 0 atom stereocenters. The van der Waals surface area contributed by atoms with Gasteiger partial charge in [-0.3, -0.25) is 14.0 Å². The van der Waals surface area contributed by atoms with Crippen molar-refractivity contribution in [2.75, 3.05) is 13.7 Å². The van der Waals surface area contributed by atoms with E-state index >= 15 is 0 Å². The third kappa shape index (κ3) is 2.97. The molecule has 7 nitrogen and oxygen atoms in total. The Morgan fingerprint density at radius 1 is 1.41 bits per heavy atom. The fourth-order valence-corrected chi connectivity index (χ4v) is 3.92. The number of carbonyl (C=O) groups excluding carboxylic acids is 2. The number of para-hydroxylation sites is 1. The Labute approximate surface area is 158 Å². The normalized spacial score (nSPS) is 11.2. The van der Waals surface area contributed by atoms with Crippen molar-refractivity contribution in [3.05, 3.63) is 41.0 Å². The lowest BCUT2D eigenvalue weighted by Crippen LogP contribution is -2.06. The average molecular weight is 384 g/mol. The molecule has 0 saturated heterocycles. The van der Waals surface area contributed by atoms with Crippen LogP contribution in [0.15, 0.2) is 34.9 Å². The summed E-state index contributed by atoms with van der Waals surface area (Å²) >= 11 is 1.34. The average Bonchev–Trinajstić information content (AvgIpc) is 3.32. The maximum absolute atomic E-state index is 11.7. The Bertz CT molecular complexity index is 1150. The van der Waals surface area contributed by atoms with Crippen molar-refractivity contribution in [3.8, 4) is 17.2 Å². The van der Waals surface area contributed by atoms with Crippen molar-refractivity contribution in [2.45, 2.75) is 13.3 Å². The lowest BCUT2D eigenvalue weighted by molar-refractivity contribution is -0.142. The van der Waals surface area contributed by atoms with Crippen LogP contribution in [0.3, 0.4) is 0 Å². The van der Waals surface area contributed by atoms with Crippen LogP contribution in [0.1, 0.15) is 22.3 Å². The molecule has 0 N–H and O–H groups in total. The van der Waals surface area contributed by atoms with Crippen molar-refractivity contribution < 1.29 is 23.5 Å². The third-order valence-corrected chi connectivity index (χ3v) is 5.09. The van der Waals surface area contributed by atoms with Gasteiger partial charge in [-0.25, -0.2) is 4.98 Å². The van der Waals surface area contributed by atoms with Gasteiger partial charge < -0.3 is 13.9 Å². The van der Waals surface area contributed by atoms with Crippen LogP contribution >= 0.6 is 11.3 Å². The second kappa shape index (κ2) is 6.88. The van der Waals surface area contributed by atoms with Crippen molar-refractivity contribution in [1.29, 1.82) is 0 Å². The van der Waals surface area contributed by atoms with E-state index in [1.54, 1.807) is 24.6 Å². The minimum Gasteiger partial charge on any atom is -0.493 e. The van der Waals surface area contributed by atoms with Gasteiger partial charge in [0.1, 0.15) is 11.4 Å². The molecular weight excluding hydrogens is 368 g/mol. The van der Waals surface area contributed by atoms with E-state index in [1.807, 2.05) is 24.3 Å². The molecule has 0 fully saturated rings. The van der Waals surface area contributed by atoms with Crippen molar-refractivity contribution in [1.82, 2.24) is 9.38 Å². The molecule has 0 aliphatic rings. The SMILES string of the molecule is CCOC(=O)Cc1cn2c(C=O)c(-c3cc4cccc(OC)c4o3)nc2s1. The zero-order valence-electron chi connectivity index (χ0n) is 14.7. The number of aromatic nitrogens is 2. The molecule has 0 saturated carbocycles. The first-order valence-electron chi connectivity index (χ1n) is 8.33. The molecule has 0 bridgehead atoms. The molecule has 0 aliphatic heterocycles. The molecule has 0 unspecified atom stereocenters. The summed E-state index contributed by atoms with van der Waals surface area (Å²) < 4.78 is 17.9. The summed E-state index contributed by atoms with van der Waals surface area (Å²) in [4.78, 5) is 29.3. The Kier molecular flexibility index (Phi) is 4.41. The van der Waals surface area contributed by atoms with Gasteiger partial charge in [0.05, 0.1) is 20.1 Å². The highest BCUT2D eigenvalue weighted by Gasteiger charge is 2.21. The van der Waals surface area contributed by atoms with E-state index < -0.39 is 0 Å². The van der Waals surface area contributed by atoms with Crippen LogP contribution in [0.5, 0.6) is 5.75 Å². The number of esters is 1. The number of methoxy groups -OCH3 is 1. The number of furan rings is 1. The predicted octanol–water partition coefficient (Wildman–Crippen LogP) is 3.74. The van der Waals surface area contributed by atoms with Crippen molar-refractivity contribution in [2.24, 2.45) is 0 Å². The molecule has 3 aromatic heterocycles. The van der Waals surface area contributed by atoms with Gasteiger partial charge in [0.25, 0.3) is 0 Å². The molecule has 0 aliphatic carbocycles. The van der Waals surface area contributed by atoms with E-state index in [4.69, 9.17) is 13.9 Å². The molecule has 0 spiro atoms. The Morgan fingerprint density at radius 3 is 3.00 bits per heavy atom. The second-order valence-electron chi connectivity index (χ2n) is 5.78. The first-order chi connectivity index (χ1) is 13.1. The monoisotopic (exact) mass is 384 g/mol. The predicted molar refractivity (Wildman–Crippen MR) is 101 cm³/mol. The molecule has 138 valence electrons. The largest absolute Gasteiger partial charge is 0.493 e. The Morgan fingerprint density at radius 2 is 2.26 bits per heavy atom. The van der Waals surface area contributed by atoms with Gasteiger partial charge in [-0.15, -0.1) is 11.3 Å². The van der Waals surface area contributed by atoms with Gasteiger partial charge >= 0.3 is 5.97 Å². The third-order valence-electron chi connectivity index (χ3n) is 4.11. The Hall–Kier alpha value is -3.13. The fourth-order valence-electron chi connectivity index (χ4n) is 2.95. The number of nitrogens with zero attached hydrogens (tertiary/aromatic N) is 2. The van der Waals surface area contributed by atoms with Gasteiger partial charge in [-0.1, -0.05) is 12.1 Å². The maximum Gasteiger partial charge on any atom is 0.311 e. The molecule has 1 aromatic carbocycles. The molecule has 27 heavy (non-hydrogen) atoms. The number of hydrogen-bond acceptors (Lipinski definition) is 7. The van der Waals surface area contributed by atoms with Gasteiger partial charge in [-0.2, -0.15) is 0 Å².